The zero-order chi connectivity index (χ0) is 13.1. The molecule has 0 spiro atoms. The highest BCUT2D eigenvalue weighted by Gasteiger charge is 2.20. The standard InChI is InChI=1S/C10H13ClN4O2S/c11-8-7(9(12)14-16)1-2-13-10(8)15-3-5-18(17)6-4-15/h1-2,16H,3-6H2,(H2,12,14). The van der Waals surface area contributed by atoms with Crippen molar-refractivity contribution >= 4 is 34.1 Å². The summed E-state index contributed by atoms with van der Waals surface area (Å²) in [6, 6.07) is 1.59. The van der Waals surface area contributed by atoms with Gasteiger partial charge >= 0.3 is 0 Å². The van der Waals surface area contributed by atoms with Crippen LogP contribution in [0.4, 0.5) is 5.82 Å². The number of hydrogen-bond acceptors (Lipinski definition) is 5. The van der Waals surface area contributed by atoms with E-state index in [0.717, 1.165) is 0 Å². The van der Waals surface area contributed by atoms with Gasteiger partial charge in [0.2, 0.25) is 0 Å². The molecule has 1 aromatic rings. The van der Waals surface area contributed by atoms with Gasteiger partial charge in [-0.2, -0.15) is 0 Å². The van der Waals surface area contributed by atoms with E-state index < -0.39 is 10.8 Å². The second-order valence-corrected chi connectivity index (χ2v) is 5.89. The molecule has 3 N–H and O–H groups in total. The van der Waals surface area contributed by atoms with Gasteiger partial charge in [0.15, 0.2) is 5.84 Å². The van der Waals surface area contributed by atoms with Crippen molar-refractivity contribution in [2.45, 2.75) is 0 Å². The predicted octanol–water partition coefficient (Wildman–Crippen LogP) is 0.398. The van der Waals surface area contributed by atoms with Crippen LogP contribution >= 0.6 is 11.6 Å². The molecule has 1 fully saturated rings. The first-order valence-electron chi connectivity index (χ1n) is 5.36. The summed E-state index contributed by atoms with van der Waals surface area (Å²) in [5, 5.41) is 12.0. The molecule has 0 aliphatic carbocycles. The number of amidine groups is 1. The van der Waals surface area contributed by atoms with E-state index in [2.05, 4.69) is 10.1 Å². The lowest BCUT2D eigenvalue weighted by Gasteiger charge is -2.28. The maximum atomic E-state index is 11.3. The number of hydrogen-bond donors (Lipinski definition) is 2. The molecule has 98 valence electrons. The van der Waals surface area contributed by atoms with E-state index in [9.17, 15) is 4.21 Å². The zero-order valence-corrected chi connectivity index (χ0v) is 11.1. The van der Waals surface area contributed by atoms with Crippen molar-refractivity contribution in [2.75, 3.05) is 29.5 Å². The van der Waals surface area contributed by atoms with Crippen molar-refractivity contribution < 1.29 is 9.42 Å². The predicted molar refractivity (Wildman–Crippen MR) is 71.8 cm³/mol. The second-order valence-electron chi connectivity index (χ2n) is 3.82. The van der Waals surface area contributed by atoms with Gasteiger partial charge in [-0.3, -0.25) is 4.21 Å². The van der Waals surface area contributed by atoms with Crippen molar-refractivity contribution in [3.05, 3.63) is 22.8 Å². The van der Waals surface area contributed by atoms with Crippen molar-refractivity contribution in [3.8, 4) is 0 Å². The second kappa shape index (κ2) is 5.53. The van der Waals surface area contributed by atoms with Gasteiger partial charge in [0, 0.05) is 47.2 Å². The molecule has 1 aliphatic rings. The van der Waals surface area contributed by atoms with Crippen LogP contribution in [-0.4, -0.2) is 44.8 Å². The first-order valence-corrected chi connectivity index (χ1v) is 7.22. The third kappa shape index (κ3) is 2.56. The van der Waals surface area contributed by atoms with Gasteiger partial charge in [-0.1, -0.05) is 16.8 Å². The minimum absolute atomic E-state index is 0.0516. The van der Waals surface area contributed by atoms with Crippen LogP contribution in [0, 0.1) is 0 Å². The summed E-state index contributed by atoms with van der Waals surface area (Å²) in [6.07, 6.45) is 1.56. The summed E-state index contributed by atoms with van der Waals surface area (Å²) in [5.74, 6) is 1.74. The highest BCUT2D eigenvalue weighted by atomic mass is 35.5. The van der Waals surface area contributed by atoms with Crippen molar-refractivity contribution in [3.63, 3.8) is 0 Å². The molecule has 0 amide bonds. The number of rotatable bonds is 2. The lowest BCUT2D eigenvalue weighted by Crippen LogP contribution is -2.38. The maximum absolute atomic E-state index is 11.3. The van der Waals surface area contributed by atoms with Crippen LogP contribution in [0.3, 0.4) is 0 Å². The highest BCUT2D eigenvalue weighted by Crippen LogP contribution is 2.27. The molecule has 0 aromatic carbocycles. The fourth-order valence-corrected chi connectivity index (χ4v) is 3.13. The van der Waals surface area contributed by atoms with E-state index in [4.69, 9.17) is 22.5 Å². The number of oxime groups is 1. The fourth-order valence-electron chi connectivity index (χ4n) is 1.75. The third-order valence-electron chi connectivity index (χ3n) is 2.73. The van der Waals surface area contributed by atoms with Crippen molar-refractivity contribution in [1.29, 1.82) is 0 Å². The number of nitrogens with zero attached hydrogens (tertiary/aromatic N) is 3. The van der Waals surface area contributed by atoms with E-state index in [-0.39, 0.29) is 5.84 Å². The van der Waals surface area contributed by atoms with Gasteiger partial charge in [-0.05, 0) is 6.07 Å². The fraction of sp³-hybridized carbons (Fsp3) is 0.400. The molecule has 2 heterocycles. The quantitative estimate of drug-likeness (QED) is 0.356. The summed E-state index contributed by atoms with van der Waals surface area (Å²) >= 11 is 6.20. The topological polar surface area (TPSA) is 91.8 Å². The smallest absolute Gasteiger partial charge is 0.171 e. The molecule has 0 bridgehead atoms. The normalized spacial score (nSPS) is 18.1. The summed E-state index contributed by atoms with van der Waals surface area (Å²) < 4.78 is 11.3. The first kappa shape index (κ1) is 13.1. The Morgan fingerprint density at radius 1 is 1.56 bits per heavy atom. The Morgan fingerprint density at radius 2 is 2.22 bits per heavy atom. The van der Waals surface area contributed by atoms with Gasteiger partial charge in [-0.25, -0.2) is 4.98 Å². The monoisotopic (exact) mass is 288 g/mol. The minimum Gasteiger partial charge on any atom is -0.409 e. The van der Waals surface area contributed by atoms with Crippen LogP contribution in [0.15, 0.2) is 17.4 Å². The molecule has 0 radical (unpaired) electrons. The van der Waals surface area contributed by atoms with Gasteiger partial charge in [0.1, 0.15) is 5.82 Å². The zero-order valence-electron chi connectivity index (χ0n) is 9.54. The molecule has 8 heteroatoms. The summed E-state index contributed by atoms with van der Waals surface area (Å²) in [4.78, 5) is 6.16. The summed E-state index contributed by atoms with van der Waals surface area (Å²) in [7, 11) is -0.758. The lowest BCUT2D eigenvalue weighted by atomic mass is 10.2. The Labute approximate surface area is 112 Å². The van der Waals surface area contributed by atoms with Gasteiger partial charge < -0.3 is 15.8 Å². The van der Waals surface area contributed by atoms with E-state index >= 15 is 0 Å². The van der Waals surface area contributed by atoms with Gasteiger partial charge in [-0.15, -0.1) is 0 Å². The van der Waals surface area contributed by atoms with E-state index in [0.29, 0.717) is 41.0 Å². The number of nitrogens with two attached hydrogens (primary N) is 1. The molecular weight excluding hydrogens is 276 g/mol. The molecular formula is C10H13ClN4O2S. The molecule has 18 heavy (non-hydrogen) atoms. The number of pyridine rings is 1. The molecule has 6 nitrogen and oxygen atoms in total. The van der Waals surface area contributed by atoms with Gasteiger partial charge in [0.05, 0.1) is 5.02 Å². The van der Waals surface area contributed by atoms with Crippen LogP contribution in [0.1, 0.15) is 5.56 Å². The number of aromatic nitrogens is 1. The number of halogens is 1. The highest BCUT2D eigenvalue weighted by molar-refractivity contribution is 7.85. The Bertz CT molecular complexity index is 499. The molecule has 0 unspecified atom stereocenters. The lowest BCUT2D eigenvalue weighted by molar-refractivity contribution is 0.318. The van der Waals surface area contributed by atoms with E-state index in [1.165, 1.54) is 0 Å². The SMILES string of the molecule is N/C(=N/O)c1ccnc(N2CCS(=O)CC2)c1Cl. The van der Waals surface area contributed by atoms with Crippen LogP contribution in [0.25, 0.3) is 0 Å². The van der Waals surface area contributed by atoms with Crippen LogP contribution in [0.5, 0.6) is 0 Å². The summed E-state index contributed by atoms with van der Waals surface area (Å²) in [6.45, 7) is 1.28. The van der Waals surface area contributed by atoms with Crippen LogP contribution in [0.2, 0.25) is 5.02 Å². The molecule has 1 aliphatic heterocycles. The van der Waals surface area contributed by atoms with Crippen LogP contribution < -0.4 is 10.6 Å². The molecule has 1 aromatic heterocycles. The minimum atomic E-state index is -0.758. The molecule has 2 rings (SSSR count). The Morgan fingerprint density at radius 3 is 2.83 bits per heavy atom. The average molecular weight is 289 g/mol. The summed E-state index contributed by atoms with van der Waals surface area (Å²) in [5.41, 5.74) is 5.98. The van der Waals surface area contributed by atoms with Gasteiger partial charge in [0.25, 0.3) is 0 Å². The van der Waals surface area contributed by atoms with E-state index in [1.807, 2.05) is 4.90 Å². The molecule has 0 saturated carbocycles. The van der Waals surface area contributed by atoms with Crippen LogP contribution in [-0.2, 0) is 10.8 Å². The van der Waals surface area contributed by atoms with Crippen molar-refractivity contribution in [2.24, 2.45) is 10.9 Å². The Kier molecular flexibility index (Phi) is 4.03. The van der Waals surface area contributed by atoms with E-state index in [1.54, 1.807) is 12.3 Å². The largest absolute Gasteiger partial charge is 0.409 e. The number of anilines is 1. The van der Waals surface area contributed by atoms with Crippen molar-refractivity contribution in [1.82, 2.24) is 4.98 Å². The first-order chi connectivity index (χ1) is 8.63. The molecule has 0 atom stereocenters. The third-order valence-corrected chi connectivity index (χ3v) is 4.38. The maximum Gasteiger partial charge on any atom is 0.171 e. The Hall–Kier alpha value is -1.34. The Balaban J connectivity index is 2.31. The average Bonchev–Trinajstić information content (AvgIpc) is 2.39. The molecule has 1 saturated heterocycles.